The highest BCUT2D eigenvalue weighted by atomic mass is 16.2. The summed E-state index contributed by atoms with van der Waals surface area (Å²) in [5, 5.41) is 13.9. The Morgan fingerprint density at radius 2 is 1.53 bits per heavy atom. The van der Waals surface area contributed by atoms with Gasteiger partial charge in [0.25, 0.3) is 5.56 Å². The van der Waals surface area contributed by atoms with Crippen LogP contribution in [0.3, 0.4) is 0 Å². The van der Waals surface area contributed by atoms with Crippen LogP contribution in [0.25, 0.3) is 21.5 Å². The number of aromatic nitrogens is 3. The van der Waals surface area contributed by atoms with Gasteiger partial charge in [0.15, 0.2) is 0 Å². The summed E-state index contributed by atoms with van der Waals surface area (Å²) in [6.07, 6.45) is 3.40. The third-order valence-corrected chi connectivity index (χ3v) is 5.74. The van der Waals surface area contributed by atoms with Crippen LogP contribution in [0.5, 0.6) is 0 Å². The van der Waals surface area contributed by atoms with E-state index in [2.05, 4.69) is 32.8 Å². The molecule has 2 heterocycles. The maximum absolute atomic E-state index is 13.0. The van der Waals surface area contributed by atoms with Gasteiger partial charge in [0.05, 0.1) is 24.2 Å². The predicted octanol–water partition coefficient (Wildman–Crippen LogP) is 3.99. The van der Waals surface area contributed by atoms with Crippen LogP contribution in [0, 0.1) is 0 Å². The van der Waals surface area contributed by atoms with Crippen molar-refractivity contribution < 1.29 is 4.79 Å². The third-order valence-electron chi connectivity index (χ3n) is 5.74. The van der Waals surface area contributed by atoms with Crippen molar-refractivity contribution in [2.24, 2.45) is 0 Å². The van der Waals surface area contributed by atoms with Crippen LogP contribution < -0.4 is 16.2 Å². The van der Waals surface area contributed by atoms with Crippen molar-refractivity contribution in [2.75, 3.05) is 0 Å². The van der Waals surface area contributed by atoms with Crippen LogP contribution in [0.2, 0.25) is 0 Å². The summed E-state index contributed by atoms with van der Waals surface area (Å²) in [6, 6.07) is 24.9. The van der Waals surface area contributed by atoms with Crippen LogP contribution in [-0.4, -0.2) is 20.8 Å². The molecule has 5 aromatic rings. The van der Waals surface area contributed by atoms with E-state index in [1.54, 1.807) is 18.5 Å². The van der Waals surface area contributed by atoms with E-state index in [9.17, 15) is 9.59 Å². The summed E-state index contributed by atoms with van der Waals surface area (Å²) < 4.78 is 1.42. The van der Waals surface area contributed by atoms with Crippen LogP contribution in [0.15, 0.2) is 96.1 Å². The first kappa shape index (κ1) is 21.3. The molecule has 7 nitrogen and oxygen atoms in total. The average molecular weight is 450 g/mol. The van der Waals surface area contributed by atoms with Crippen LogP contribution in [0.1, 0.15) is 16.8 Å². The second kappa shape index (κ2) is 9.54. The molecule has 7 heteroatoms. The lowest BCUT2D eigenvalue weighted by molar-refractivity contribution is 0.240. The zero-order valence-corrected chi connectivity index (χ0v) is 18.4. The highest BCUT2D eigenvalue weighted by molar-refractivity contribution is 5.86. The molecule has 34 heavy (non-hydrogen) atoms. The standard InChI is InChI=1S/C27H23N5O2/c33-26-24-13-4-3-12-23(24)25(31-32(26)18-19-7-6-14-28-15-19)17-30-27(34)29-16-21-10-5-9-20-8-1-2-11-22(20)21/h1-15H,16-18H2,(H2,29,30,34). The number of carbonyl (C=O) groups excluding carboxylic acids is 1. The SMILES string of the molecule is O=C(NCc1cccc2ccccc12)NCc1nn(Cc2cccnc2)c(=O)c2ccccc12. The summed E-state index contributed by atoms with van der Waals surface area (Å²) in [4.78, 5) is 29.7. The Labute approximate surface area is 196 Å². The van der Waals surface area contributed by atoms with Crippen molar-refractivity contribution in [3.8, 4) is 0 Å². The zero-order chi connectivity index (χ0) is 23.3. The predicted molar refractivity (Wildman–Crippen MR) is 132 cm³/mol. The fourth-order valence-corrected chi connectivity index (χ4v) is 4.06. The first-order valence-corrected chi connectivity index (χ1v) is 11.0. The van der Waals surface area contributed by atoms with Gasteiger partial charge in [-0.15, -0.1) is 0 Å². The van der Waals surface area contributed by atoms with Gasteiger partial charge >= 0.3 is 6.03 Å². The van der Waals surface area contributed by atoms with Gasteiger partial charge in [0.1, 0.15) is 0 Å². The van der Waals surface area contributed by atoms with Crippen molar-refractivity contribution in [1.29, 1.82) is 0 Å². The Kier molecular flexibility index (Phi) is 5.99. The van der Waals surface area contributed by atoms with Gasteiger partial charge in [-0.2, -0.15) is 5.10 Å². The zero-order valence-electron chi connectivity index (χ0n) is 18.4. The van der Waals surface area contributed by atoms with Gasteiger partial charge < -0.3 is 10.6 Å². The molecule has 2 amide bonds. The fraction of sp³-hybridized carbons (Fsp3) is 0.111. The smallest absolute Gasteiger partial charge is 0.315 e. The average Bonchev–Trinajstić information content (AvgIpc) is 2.89. The fourth-order valence-electron chi connectivity index (χ4n) is 4.06. The van der Waals surface area contributed by atoms with Crippen molar-refractivity contribution in [3.63, 3.8) is 0 Å². The number of amides is 2. The number of nitrogens with zero attached hydrogens (tertiary/aromatic N) is 3. The monoisotopic (exact) mass is 449 g/mol. The van der Waals surface area contributed by atoms with Gasteiger partial charge in [0, 0.05) is 24.3 Å². The molecule has 168 valence electrons. The van der Waals surface area contributed by atoms with Gasteiger partial charge in [-0.3, -0.25) is 9.78 Å². The summed E-state index contributed by atoms with van der Waals surface area (Å²) in [5.74, 6) is 0. The lowest BCUT2D eigenvalue weighted by Gasteiger charge is -2.13. The summed E-state index contributed by atoms with van der Waals surface area (Å²) in [6.45, 7) is 0.898. The summed E-state index contributed by atoms with van der Waals surface area (Å²) in [7, 11) is 0. The second-order valence-electron chi connectivity index (χ2n) is 7.99. The van der Waals surface area contributed by atoms with E-state index in [0.717, 1.165) is 27.3 Å². The van der Waals surface area contributed by atoms with Gasteiger partial charge in [-0.1, -0.05) is 66.7 Å². The lowest BCUT2D eigenvalue weighted by Crippen LogP contribution is -2.35. The molecule has 0 spiro atoms. The van der Waals surface area contributed by atoms with Crippen LogP contribution >= 0.6 is 0 Å². The maximum Gasteiger partial charge on any atom is 0.315 e. The maximum atomic E-state index is 13.0. The van der Waals surface area contributed by atoms with E-state index >= 15 is 0 Å². The minimum atomic E-state index is -0.302. The normalized spacial score (nSPS) is 10.9. The quantitative estimate of drug-likeness (QED) is 0.410. The molecule has 0 radical (unpaired) electrons. The van der Waals surface area contributed by atoms with Crippen molar-refractivity contribution in [2.45, 2.75) is 19.6 Å². The number of hydrogen-bond donors (Lipinski definition) is 2. The number of carbonyl (C=O) groups is 1. The number of benzene rings is 3. The first-order valence-electron chi connectivity index (χ1n) is 11.0. The Morgan fingerprint density at radius 3 is 2.35 bits per heavy atom. The Hall–Kier alpha value is -4.52. The molecule has 2 aromatic heterocycles. The van der Waals surface area contributed by atoms with E-state index in [-0.39, 0.29) is 18.1 Å². The molecule has 0 saturated heterocycles. The van der Waals surface area contributed by atoms with Crippen LogP contribution in [0.4, 0.5) is 4.79 Å². The molecule has 5 rings (SSSR count). The third kappa shape index (κ3) is 4.49. The van der Waals surface area contributed by atoms with Gasteiger partial charge in [-0.05, 0) is 34.0 Å². The summed E-state index contributed by atoms with van der Waals surface area (Å²) >= 11 is 0. The number of rotatable bonds is 6. The minimum Gasteiger partial charge on any atom is -0.334 e. The topological polar surface area (TPSA) is 88.9 Å². The number of nitrogens with one attached hydrogen (secondary N) is 2. The molecule has 0 saturated carbocycles. The molecular weight excluding hydrogens is 426 g/mol. The molecule has 0 atom stereocenters. The Balaban J connectivity index is 1.33. The Bertz CT molecular complexity index is 1520. The number of pyridine rings is 1. The van der Waals surface area contributed by atoms with Crippen molar-refractivity contribution >= 4 is 27.6 Å². The molecule has 0 fully saturated rings. The highest BCUT2D eigenvalue weighted by Gasteiger charge is 2.12. The molecular formula is C27H23N5O2. The molecule has 0 aliphatic rings. The van der Waals surface area contributed by atoms with E-state index in [4.69, 9.17) is 0 Å². The number of hydrogen-bond acceptors (Lipinski definition) is 4. The first-order chi connectivity index (χ1) is 16.7. The molecule has 3 aromatic carbocycles. The van der Waals surface area contributed by atoms with E-state index in [1.807, 2.05) is 60.7 Å². The molecule has 0 aliphatic carbocycles. The van der Waals surface area contributed by atoms with E-state index < -0.39 is 0 Å². The minimum absolute atomic E-state index is 0.177. The summed E-state index contributed by atoms with van der Waals surface area (Å²) in [5.41, 5.74) is 2.36. The largest absolute Gasteiger partial charge is 0.334 e. The lowest BCUT2D eigenvalue weighted by atomic mass is 10.0. The van der Waals surface area contributed by atoms with Crippen LogP contribution in [-0.2, 0) is 19.6 Å². The van der Waals surface area contributed by atoms with E-state index in [0.29, 0.717) is 24.2 Å². The van der Waals surface area contributed by atoms with Crippen molar-refractivity contribution in [1.82, 2.24) is 25.4 Å². The molecule has 0 aliphatic heterocycles. The van der Waals surface area contributed by atoms with Gasteiger partial charge in [-0.25, -0.2) is 9.48 Å². The van der Waals surface area contributed by atoms with Crippen molar-refractivity contribution in [3.05, 3.63) is 118 Å². The number of fused-ring (bicyclic) bond motifs is 2. The van der Waals surface area contributed by atoms with E-state index in [1.165, 1.54) is 4.68 Å². The second-order valence-corrected chi connectivity index (χ2v) is 7.99. The Morgan fingerprint density at radius 1 is 0.794 bits per heavy atom. The molecule has 0 unspecified atom stereocenters. The molecule has 0 bridgehead atoms. The van der Waals surface area contributed by atoms with Gasteiger partial charge in [0.2, 0.25) is 0 Å². The number of urea groups is 1. The molecule has 2 N–H and O–H groups in total. The highest BCUT2D eigenvalue weighted by Crippen LogP contribution is 2.18.